The Kier molecular flexibility index (Phi) is 13.5. The highest BCUT2D eigenvalue weighted by Crippen LogP contribution is 2.29. The summed E-state index contributed by atoms with van der Waals surface area (Å²) in [5.41, 5.74) is 6.19. The van der Waals surface area contributed by atoms with Gasteiger partial charge in [-0.25, -0.2) is 4.79 Å². The molecule has 1 aliphatic heterocycles. The molecule has 0 unspecified atom stereocenters. The number of carbonyl (C=O) groups excluding carboxylic acids is 4. The number of rotatable bonds is 6. The fourth-order valence-corrected chi connectivity index (χ4v) is 5.03. The first-order valence-electron chi connectivity index (χ1n) is 14.2. The van der Waals surface area contributed by atoms with Crippen LogP contribution in [-0.4, -0.2) is 85.1 Å². The fraction of sp³-hybridized carbons (Fsp3) is 0.548. The molecule has 1 heterocycles. The smallest absolute Gasteiger partial charge is 0.405 e. The van der Waals surface area contributed by atoms with Gasteiger partial charge in [-0.1, -0.05) is 38.2 Å². The zero-order valence-corrected chi connectivity index (χ0v) is 25.9. The van der Waals surface area contributed by atoms with Gasteiger partial charge >= 0.3 is 6.09 Å². The third-order valence-corrected chi connectivity index (χ3v) is 7.46. The van der Waals surface area contributed by atoms with Crippen LogP contribution in [0.2, 0.25) is 0 Å². The number of primary amides is 1. The van der Waals surface area contributed by atoms with Gasteiger partial charge in [0.1, 0.15) is 6.10 Å². The Morgan fingerprint density at radius 1 is 1.19 bits per heavy atom. The summed E-state index contributed by atoms with van der Waals surface area (Å²) in [6.45, 7) is 8.31. The zero-order chi connectivity index (χ0) is 32.4. The predicted octanol–water partition coefficient (Wildman–Crippen LogP) is 1.73. The zero-order valence-electron chi connectivity index (χ0n) is 25.9. The quantitative estimate of drug-likeness (QED) is 0.221. The van der Waals surface area contributed by atoms with E-state index in [1.807, 2.05) is 6.92 Å². The topological polar surface area (TPSA) is 187 Å². The highest BCUT2D eigenvalue weighted by molar-refractivity contribution is 6.23. The van der Waals surface area contributed by atoms with Gasteiger partial charge in [-0.15, -0.1) is 0 Å². The summed E-state index contributed by atoms with van der Waals surface area (Å²) in [5.74, 6) is -2.35. The van der Waals surface area contributed by atoms with Crippen molar-refractivity contribution >= 4 is 23.6 Å². The fourth-order valence-electron chi connectivity index (χ4n) is 5.03. The molecular weight excluding hydrogens is 558 g/mol. The van der Waals surface area contributed by atoms with Gasteiger partial charge in [0.15, 0.2) is 6.10 Å². The van der Waals surface area contributed by atoms with Gasteiger partial charge in [0.05, 0.1) is 30.2 Å². The van der Waals surface area contributed by atoms with Gasteiger partial charge in [-0.05, 0) is 45.1 Å². The molecule has 0 saturated heterocycles. The molecule has 0 fully saturated rings. The van der Waals surface area contributed by atoms with E-state index in [1.54, 1.807) is 32.9 Å². The number of fused-ring (bicyclic) bond motifs is 2. The molecule has 2 amide bonds. The molecule has 0 saturated carbocycles. The summed E-state index contributed by atoms with van der Waals surface area (Å²) in [5, 5.41) is 26.3. The second kappa shape index (κ2) is 16.3. The molecule has 2 bridgehead atoms. The number of nitrogens with one attached hydrogen (secondary N) is 2. The maximum Gasteiger partial charge on any atom is 0.405 e. The van der Waals surface area contributed by atoms with Gasteiger partial charge in [0.25, 0.3) is 5.91 Å². The van der Waals surface area contributed by atoms with Crippen LogP contribution in [0.5, 0.6) is 0 Å². The van der Waals surface area contributed by atoms with Crippen molar-refractivity contribution < 1.29 is 43.6 Å². The van der Waals surface area contributed by atoms with Crippen molar-refractivity contribution in [2.75, 3.05) is 20.8 Å². The first kappa shape index (κ1) is 35.6. The normalized spacial score (nSPS) is 32.0. The molecule has 2 aliphatic rings. The minimum absolute atomic E-state index is 0.0602. The molecule has 0 aromatic heterocycles. The number of hydrogen-bond acceptors (Lipinski definition) is 10. The lowest BCUT2D eigenvalue weighted by Gasteiger charge is -2.30. The largest absolute Gasteiger partial charge is 0.439 e. The average Bonchev–Trinajstić information content (AvgIpc) is 2.95. The maximum atomic E-state index is 13.6. The molecule has 6 N–H and O–H groups in total. The summed E-state index contributed by atoms with van der Waals surface area (Å²) >= 11 is 0. The summed E-state index contributed by atoms with van der Waals surface area (Å²) in [6.07, 6.45) is 3.49. The molecule has 0 spiro atoms. The van der Waals surface area contributed by atoms with E-state index in [0.717, 1.165) is 6.08 Å². The van der Waals surface area contributed by atoms with Crippen LogP contribution in [-0.2, 0) is 28.6 Å². The van der Waals surface area contributed by atoms with Gasteiger partial charge < -0.3 is 40.8 Å². The number of carbonyl (C=O) groups is 4. The van der Waals surface area contributed by atoms with Crippen molar-refractivity contribution in [3.05, 3.63) is 58.5 Å². The van der Waals surface area contributed by atoms with Crippen LogP contribution in [0, 0.1) is 11.8 Å². The number of nitrogens with two attached hydrogens (primary N) is 1. The number of allylic oxidation sites excluding steroid dienone is 4. The van der Waals surface area contributed by atoms with Crippen molar-refractivity contribution in [1.82, 2.24) is 10.6 Å². The average molecular weight is 604 g/mol. The highest BCUT2D eigenvalue weighted by atomic mass is 16.6. The van der Waals surface area contributed by atoms with Gasteiger partial charge in [-0.3, -0.25) is 14.4 Å². The van der Waals surface area contributed by atoms with Crippen LogP contribution in [0.4, 0.5) is 4.79 Å². The van der Waals surface area contributed by atoms with E-state index in [-0.39, 0.29) is 41.5 Å². The number of hydrogen-bond donors (Lipinski definition) is 5. The lowest BCUT2D eigenvalue weighted by atomic mass is 9.85. The van der Waals surface area contributed by atoms with Crippen molar-refractivity contribution in [2.45, 2.75) is 77.9 Å². The van der Waals surface area contributed by atoms with Crippen LogP contribution in [0.15, 0.2) is 58.5 Å². The van der Waals surface area contributed by atoms with E-state index in [4.69, 9.17) is 19.9 Å². The molecule has 0 radical (unpaired) electrons. The third-order valence-electron chi connectivity index (χ3n) is 7.46. The number of amides is 2. The Labute approximate surface area is 252 Å². The number of methoxy groups -OCH3 is 2. The molecule has 238 valence electrons. The molecule has 12 heteroatoms. The molecule has 0 aromatic rings. The van der Waals surface area contributed by atoms with Gasteiger partial charge in [0.2, 0.25) is 11.6 Å². The molecule has 2 rings (SSSR count). The number of ether oxygens (including phenoxy) is 3. The molecule has 12 nitrogen and oxygen atoms in total. The van der Waals surface area contributed by atoms with E-state index in [9.17, 15) is 29.4 Å². The van der Waals surface area contributed by atoms with Crippen LogP contribution in [0.1, 0.15) is 47.5 Å². The summed E-state index contributed by atoms with van der Waals surface area (Å²) in [7, 11) is 2.90. The second-order valence-corrected chi connectivity index (χ2v) is 11.2. The monoisotopic (exact) mass is 603 g/mol. The Hall–Kier alpha value is -3.58. The molecule has 0 aromatic carbocycles. The Morgan fingerprint density at radius 3 is 2.44 bits per heavy atom. The van der Waals surface area contributed by atoms with E-state index in [0.29, 0.717) is 12.0 Å². The SMILES string of the molecule is CO[C@H]1/C=C\C=C(/C)C(=O)NC2=CC(=O)C(N[C@@H](C)CO)=C(C[C@@H](C)C[C@H](OC)[C@H](O)[C@@H](C)/C=C(\C)[C@@H]1OC(N)=O)C2=O. The van der Waals surface area contributed by atoms with E-state index in [2.05, 4.69) is 10.6 Å². The van der Waals surface area contributed by atoms with Crippen molar-refractivity contribution in [1.29, 1.82) is 0 Å². The minimum Gasteiger partial charge on any atom is -0.439 e. The standard InChI is InChI=1S/C31H45N3O9/c1-16-11-21-26(33-20(5)15-35)23(36)14-22(28(21)38)34-30(39)17(2)9-8-10-24(41-6)29(43-31(32)40)19(4)13-18(3)27(37)25(12-16)42-7/h8-10,13-14,16,18,20,24-25,27,29,33,35,37H,11-12,15H2,1-7H3,(H2,32,40)(H,34,39)/b10-8-,17-9+,19-13+/t16-,18+,20+,24+,25+,27-,29+/m1/s1. The lowest BCUT2D eigenvalue weighted by molar-refractivity contribution is -0.120. The molecule has 1 aliphatic carbocycles. The van der Waals surface area contributed by atoms with Crippen LogP contribution < -0.4 is 16.4 Å². The third kappa shape index (κ3) is 9.72. The minimum atomic E-state index is -1.01. The van der Waals surface area contributed by atoms with E-state index in [1.165, 1.54) is 33.3 Å². The Morgan fingerprint density at radius 2 is 1.86 bits per heavy atom. The van der Waals surface area contributed by atoms with Crippen LogP contribution in [0.25, 0.3) is 0 Å². The van der Waals surface area contributed by atoms with Crippen molar-refractivity contribution in [3.63, 3.8) is 0 Å². The number of Topliss-reactive ketones (excluding diaryl/α,β-unsaturated/α-hetero) is 1. The summed E-state index contributed by atoms with van der Waals surface area (Å²) in [6, 6.07) is -0.504. The van der Waals surface area contributed by atoms with Gasteiger partial charge in [-0.2, -0.15) is 0 Å². The van der Waals surface area contributed by atoms with E-state index >= 15 is 0 Å². The summed E-state index contributed by atoms with van der Waals surface area (Å²) < 4.78 is 16.5. The molecular formula is C31H45N3O9. The molecule has 7 atom stereocenters. The lowest BCUT2D eigenvalue weighted by Crippen LogP contribution is -2.39. The van der Waals surface area contributed by atoms with Crippen molar-refractivity contribution in [3.8, 4) is 0 Å². The summed E-state index contributed by atoms with van der Waals surface area (Å²) in [4.78, 5) is 51.5. The van der Waals surface area contributed by atoms with E-state index < -0.39 is 59.9 Å². The number of ketones is 2. The maximum absolute atomic E-state index is 13.6. The second-order valence-electron chi connectivity index (χ2n) is 11.2. The predicted molar refractivity (Wildman–Crippen MR) is 159 cm³/mol. The highest BCUT2D eigenvalue weighted by Gasteiger charge is 2.33. The molecule has 43 heavy (non-hydrogen) atoms. The Bertz CT molecular complexity index is 1220. The number of aliphatic hydroxyl groups excluding tert-OH is 2. The number of aliphatic hydroxyl groups is 2. The Balaban J connectivity index is 2.64. The van der Waals surface area contributed by atoms with Crippen LogP contribution >= 0.6 is 0 Å². The van der Waals surface area contributed by atoms with Crippen molar-refractivity contribution in [2.24, 2.45) is 17.6 Å². The first-order chi connectivity index (χ1) is 20.2. The first-order valence-corrected chi connectivity index (χ1v) is 14.2. The van der Waals surface area contributed by atoms with Crippen LogP contribution in [0.3, 0.4) is 0 Å². The van der Waals surface area contributed by atoms with Gasteiger partial charge in [0, 0.05) is 43.4 Å².